The molecule has 2 aliphatic heterocycles. The predicted octanol–water partition coefficient (Wildman–Crippen LogP) is -0.0255. The molecule has 0 aliphatic carbocycles. The lowest BCUT2D eigenvalue weighted by molar-refractivity contribution is -0.161. The van der Waals surface area contributed by atoms with Gasteiger partial charge in [0.25, 0.3) is 0 Å². The van der Waals surface area contributed by atoms with Crippen LogP contribution in [-0.4, -0.2) is 50.9 Å². The number of nitrogens with two attached hydrogens (primary N) is 1. The van der Waals surface area contributed by atoms with Crippen molar-refractivity contribution in [3.63, 3.8) is 0 Å². The highest BCUT2D eigenvalue weighted by atomic mass is 32.2. The highest BCUT2D eigenvalue weighted by molar-refractivity contribution is 8.03. The molecule has 6 nitrogen and oxygen atoms in total. The first-order valence-electron chi connectivity index (χ1n) is 6.20. The third kappa shape index (κ3) is 2.37. The van der Waals surface area contributed by atoms with Crippen LogP contribution in [0.15, 0.2) is 10.6 Å². The van der Waals surface area contributed by atoms with Gasteiger partial charge < -0.3 is 20.8 Å². The van der Waals surface area contributed by atoms with Crippen LogP contribution in [-0.2, 0) is 9.59 Å². The van der Waals surface area contributed by atoms with Gasteiger partial charge in [-0.2, -0.15) is 0 Å². The minimum absolute atomic E-state index is 0.0379. The van der Waals surface area contributed by atoms with Gasteiger partial charge in [-0.05, 0) is 13.8 Å². The minimum Gasteiger partial charge on any atom is -0.477 e. The molecule has 0 aromatic heterocycles. The number of aliphatic hydroxyl groups excluding tert-OH is 1. The Kier molecular flexibility index (Phi) is 3.89. The van der Waals surface area contributed by atoms with E-state index >= 15 is 0 Å². The van der Waals surface area contributed by atoms with Gasteiger partial charge in [-0.15, -0.1) is 11.8 Å². The van der Waals surface area contributed by atoms with Gasteiger partial charge in [0.2, 0.25) is 5.91 Å². The average Bonchev–Trinajstić information content (AvgIpc) is 2.60. The molecule has 106 valence electrons. The number of aliphatic carboxylic acids is 1. The Balaban J connectivity index is 2.19. The largest absolute Gasteiger partial charge is 0.477 e. The number of carbonyl (C=O) groups excluding carboxylic acids is 1. The molecule has 4 atom stereocenters. The molecule has 0 aromatic carbocycles. The zero-order valence-corrected chi connectivity index (χ0v) is 11.7. The van der Waals surface area contributed by atoms with Crippen molar-refractivity contribution in [2.24, 2.45) is 11.7 Å². The lowest BCUT2D eigenvalue weighted by atomic mass is 9.83. The summed E-state index contributed by atoms with van der Waals surface area (Å²) in [6.07, 6.45) is -0.248. The zero-order chi connectivity index (χ0) is 14.3. The molecule has 1 amide bonds. The molecular formula is C12H18N2O4S. The fourth-order valence-electron chi connectivity index (χ4n) is 2.59. The van der Waals surface area contributed by atoms with E-state index in [1.165, 1.54) is 16.7 Å². The first kappa shape index (κ1) is 14.4. The summed E-state index contributed by atoms with van der Waals surface area (Å²) >= 11 is 1.39. The Morgan fingerprint density at radius 2 is 2.21 bits per heavy atom. The molecular weight excluding hydrogens is 268 g/mol. The molecule has 7 heteroatoms. The van der Waals surface area contributed by atoms with E-state index in [2.05, 4.69) is 0 Å². The molecule has 2 unspecified atom stereocenters. The van der Waals surface area contributed by atoms with Gasteiger partial charge in [0, 0.05) is 23.1 Å². The summed E-state index contributed by atoms with van der Waals surface area (Å²) in [4.78, 5) is 25.2. The normalized spacial score (nSPS) is 29.1. The SMILES string of the molecule is CC(N)CSC1=C(C(=O)O)N2C(=O)[C@@H](C(C)O)[C@H]2C1. The van der Waals surface area contributed by atoms with Crippen LogP contribution >= 0.6 is 11.8 Å². The summed E-state index contributed by atoms with van der Waals surface area (Å²) < 4.78 is 0. The van der Waals surface area contributed by atoms with E-state index < -0.39 is 18.0 Å². The first-order valence-corrected chi connectivity index (χ1v) is 7.19. The maximum absolute atomic E-state index is 11.9. The van der Waals surface area contributed by atoms with E-state index in [0.717, 1.165) is 0 Å². The first-order chi connectivity index (χ1) is 8.84. The number of aliphatic hydroxyl groups is 1. The van der Waals surface area contributed by atoms with E-state index in [0.29, 0.717) is 17.1 Å². The van der Waals surface area contributed by atoms with Crippen LogP contribution in [0.1, 0.15) is 20.3 Å². The standard InChI is InChI=1S/C12H18N2O4S/c1-5(13)4-19-8-3-7-9(6(2)15)11(16)14(7)10(8)12(17)18/h5-7,9,15H,3-4,13H2,1-2H3,(H,17,18)/t5?,6?,7-,9+/m1/s1. The van der Waals surface area contributed by atoms with Crippen LogP contribution in [0.2, 0.25) is 0 Å². The lowest BCUT2D eigenvalue weighted by Gasteiger charge is -2.44. The molecule has 0 aromatic rings. The molecule has 2 heterocycles. The highest BCUT2D eigenvalue weighted by Crippen LogP contribution is 2.46. The number of rotatable bonds is 5. The fraction of sp³-hybridized carbons (Fsp3) is 0.667. The van der Waals surface area contributed by atoms with Crippen molar-refractivity contribution in [3.05, 3.63) is 10.6 Å². The third-order valence-corrected chi connectivity index (χ3v) is 4.81. The lowest BCUT2D eigenvalue weighted by Crippen LogP contribution is -2.61. The quantitative estimate of drug-likeness (QED) is 0.613. The molecule has 0 spiro atoms. The topological polar surface area (TPSA) is 104 Å². The molecule has 1 saturated heterocycles. The fourth-order valence-corrected chi connectivity index (χ4v) is 3.67. The number of amides is 1. The van der Waals surface area contributed by atoms with Gasteiger partial charge >= 0.3 is 5.97 Å². The van der Waals surface area contributed by atoms with Crippen LogP contribution in [0, 0.1) is 5.92 Å². The molecule has 4 N–H and O–H groups in total. The molecule has 2 rings (SSSR count). The van der Waals surface area contributed by atoms with Crippen molar-refractivity contribution in [2.75, 3.05) is 5.75 Å². The summed E-state index contributed by atoms with van der Waals surface area (Å²) in [5, 5.41) is 18.8. The van der Waals surface area contributed by atoms with Crippen LogP contribution in [0.3, 0.4) is 0 Å². The number of carbonyl (C=O) groups is 2. The number of thioether (sulfide) groups is 1. The van der Waals surface area contributed by atoms with Crippen LogP contribution in [0.4, 0.5) is 0 Å². The number of nitrogens with zero attached hydrogens (tertiary/aromatic N) is 1. The van der Waals surface area contributed by atoms with Crippen molar-refractivity contribution in [3.8, 4) is 0 Å². The van der Waals surface area contributed by atoms with E-state index in [9.17, 15) is 19.8 Å². The Morgan fingerprint density at radius 1 is 1.58 bits per heavy atom. The van der Waals surface area contributed by atoms with Gasteiger partial charge in [-0.1, -0.05) is 0 Å². The number of hydrogen-bond acceptors (Lipinski definition) is 5. The van der Waals surface area contributed by atoms with Crippen molar-refractivity contribution >= 4 is 23.6 Å². The van der Waals surface area contributed by atoms with Crippen molar-refractivity contribution < 1.29 is 19.8 Å². The molecule has 0 radical (unpaired) electrons. The van der Waals surface area contributed by atoms with Crippen LogP contribution in [0.5, 0.6) is 0 Å². The molecule has 2 aliphatic rings. The van der Waals surface area contributed by atoms with Gasteiger partial charge in [0.15, 0.2) is 0 Å². The molecule has 0 bridgehead atoms. The van der Waals surface area contributed by atoms with E-state index in [-0.39, 0.29) is 23.7 Å². The number of fused-ring (bicyclic) bond motifs is 1. The van der Waals surface area contributed by atoms with Crippen molar-refractivity contribution in [2.45, 2.75) is 38.5 Å². The van der Waals surface area contributed by atoms with E-state index in [1.54, 1.807) is 6.92 Å². The summed E-state index contributed by atoms with van der Waals surface area (Å²) in [6.45, 7) is 3.41. The van der Waals surface area contributed by atoms with Gasteiger partial charge in [0.1, 0.15) is 5.70 Å². The smallest absolute Gasteiger partial charge is 0.353 e. The summed E-state index contributed by atoms with van der Waals surface area (Å²) in [5.41, 5.74) is 5.74. The maximum Gasteiger partial charge on any atom is 0.353 e. The average molecular weight is 286 g/mol. The Morgan fingerprint density at radius 3 is 2.68 bits per heavy atom. The van der Waals surface area contributed by atoms with Crippen molar-refractivity contribution in [1.82, 2.24) is 4.90 Å². The highest BCUT2D eigenvalue weighted by Gasteiger charge is 2.56. The van der Waals surface area contributed by atoms with Crippen LogP contribution < -0.4 is 5.73 Å². The Bertz CT molecular complexity index is 447. The molecule has 0 saturated carbocycles. The van der Waals surface area contributed by atoms with E-state index in [1.807, 2.05) is 6.92 Å². The predicted molar refractivity (Wildman–Crippen MR) is 71.2 cm³/mol. The Hall–Kier alpha value is -1.05. The van der Waals surface area contributed by atoms with Crippen molar-refractivity contribution in [1.29, 1.82) is 0 Å². The number of carboxylic acids is 1. The maximum atomic E-state index is 11.9. The third-order valence-electron chi connectivity index (χ3n) is 3.41. The monoisotopic (exact) mass is 286 g/mol. The second-order valence-electron chi connectivity index (χ2n) is 5.11. The number of hydrogen-bond donors (Lipinski definition) is 3. The van der Waals surface area contributed by atoms with Crippen LogP contribution in [0.25, 0.3) is 0 Å². The molecule has 19 heavy (non-hydrogen) atoms. The zero-order valence-electron chi connectivity index (χ0n) is 10.9. The summed E-state index contributed by atoms with van der Waals surface area (Å²) in [6, 6.07) is -0.252. The molecule has 1 fully saturated rings. The van der Waals surface area contributed by atoms with E-state index in [4.69, 9.17) is 5.73 Å². The van der Waals surface area contributed by atoms with Gasteiger partial charge in [0.05, 0.1) is 18.1 Å². The second-order valence-corrected chi connectivity index (χ2v) is 6.23. The summed E-state index contributed by atoms with van der Waals surface area (Å²) in [5.74, 6) is -1.26. The van der Waals surface area contributed by atoms with Gasteiger partial charge in [-0.25, -0.2) is 4.79 Å². The van der Waals surface area contributed by atoms with Gasteiger partial charge in [-0.3, -0.25) is 4.79 Å². The number of β-lactam (4-membered cyclic amide) rings is 1. The minimum atomic E-state index is -1.09. The Labute approximate surface area is 115 Å². The summed E-state index contributed by atoms with van der Waals surface area (Å²) in [7, 11) is 0. The second kappa shape index (κ2) is 5.15. The number of carboxylic acid groups (broad SMARTS) is 1.